The summed E-state index contributed by atoms with van der Waals surface area (Å²) in [5.41, 5.74) is 12.5. The molecule has 3 heterocycles. The van der Waals surface area contributed by atoms with Crippen LogP contribution in [0.15, 0.2) is 60.8 Å². The molecule has 0 saturated carbocycles. The lowest BCUT2D eigenvalue weighted by Crippen LogP contribution is -2.55. The summed E-state index contributed by atoms with van der Waals surface area (Å²) >= 11 is 0. The number of likely N-dealkylation sites (tertiary alicyclic amines) is 3. The zero-order valence-corrected chi connectivity index (χ0v) is 19.4. The molecule has 6 rings (SSSR count). The molecule has 4 atom stereocenters. The number of nitriles is 1. The van der Waals surface area contributed by atoms with E-state index in [0.717, 1.165) is 44.5 Å². The van der Waals surface area contributed by atoms with E-state index < -0.39 is 0 Å². The van der Waals surface area contributed by atoms with Gasteiger partial charge in [0.1, 0.15) is 6.04 Å². The minimum atomic E-state index is -0.273. The summed E-state index contributed by atoms with van der Waals surface area (Å²) in [6.45, 7) is 6.50. The molecule has 6 nitrogen and oxygen atoms in total. The second kappa shape index (κ2) is 8.26. The zero-order valence-electron chi connectivity index (χ0n) is 19.4. The third-order valence-corrected chi connectivity index (χ3v) is 8.30. The fraction of sp³-hybridized carbons (Fsp3) is 0.429. The van der Waals surface area contributed by atoms with Crippen LogP contribution in [0.3, 0.4) is 0 Å². The van der Waals surface area contributed by atoms with Gasteiger partial charge < -0.3 is 15.5 Å². The van der Waals surface area contributed by atoms with E-state index in [-0.39, 0.29) is 36.1 Å². The first-order chi connectivity index (χ1) is 16.6. The maximum atomic E-state index is 13.8. The van der Waals surface area contributed by atoms with Gasteiger partial charge in [-0.3, -0.25) is 9.69 Å². The van der Waals surface area contributed by atoms with Crippen molar-refractivity contribution in [1.29, 1.82) is 5.26 Å². The van der Waals surface area contributed by atoms with Gasteiger partial charge in [0.05, 0.1) is 24.2 Å². The Morgan fingerprint density at radius 1 is 1.15 bits per heavy atom. The van der Waals surface area contributed by atoms with Gasteiger partial charge in [-0.2, -0.15) is 5.26 Å². The quantitative estimate of drug-likeness (QED) is 0.753. The number of fused-ring (bicyclic) bond motifs is 4. The van der Waals surface area contributed by atoms with Crippen molar-refractivity contribution in [3.63, 3.8) is 0 Å². The molecule has 34 heavy (non-hydrogen) atoms. The van der Waals surface area contributed by atoms with E-state index in [2.05, 4.69) is 75.9 Å². The fourth-order valence-electron chi connectivity index (χ4n) is 6.64. The van der Waals surface area contributed by atoms with Gasteiger partial charge in [-0.25, -0.2) is 0 Å². The minimum Gasteiger partial charge on any atom is -0.358 e. The molecule has 3 aliphatic heterocycles. The van der Waals surface area contributed by atoms with E-state index >= 15 is 0 Å². The van der Waals surface area contributed by atoms with Crippen molar-refractivity contribution >= 4 is 5.91 Å². The SMILES string of the molecule is C=C([C@@H](N)CN1C[C@@H]2C[C@H]1C(=O)N2C1c2ccccc2Cc2ccccc21)N1CCCC1C#N. The summed E-state index contributed by atoms with van der Waals surface area (Å²) in [4.78, 5) is 20.2. The highest BCUT2D eigenvalue weighted by molar-refractivity contribution is 5.87. The number of benzene rings is 2. The van der Waals surface area contributed by atoms with Crippen molar-refractivity contribution in [3.8, 4) is 6.07 Å². The number of rotatable bonds is 5. The highest BCUT2D eigenvalue weighted by Crippen LogP contribution is 2.45. The van der Waals surface area contributed by atoms with Crippen LogP contribution in [-0.2, 0) is 11.2 Å². The monoisotopic (exact) mass is 453 g/mol. The first kappa shape index (κ1) is 21.4. The molecule has 2 aromatic rings. The van der Waals surface area contributed by atoms with Gasteiger partial charge in [-0.15, -0.1) is 0 Å². The Labute approximate surface area is 201 Å². The molecule has 3 saturated heterocycles. The Morgan fingerprint density at radius 2 is 1.82 bits per heavy atom. The first-order valence-electron chi connectivity index (χ1n) is 12.4. The number of nitrogens with zero attached hydrogens (tertiary/aromatic N) is 4. The number of carbonyl (C=O) groups is 1. The first-order valence-corrected chi connectivity index (χ1v) is 12.4. The van der Waals surface area contributed by atoms with Crippen LogP contribution in [0.5, 0.6) is 0 Å². The van der Waals surface area contributed by atoms with Gasteiger partial charge in [0.2, 0.25) is 5.91 Å². The van der Waals surface area contributed by atoms with E-state index in [1.54, 1.807) is 0 Å². The van der Waals surface area contributed by atoms with Crippen LogP contribution in [0, 0.1) is 11.3 Å². The lowest BCUT2D eigenvalue weighted by Gasteiger charge is -2.42. The molecule has 2 bridgehead atoms. The van der Waals surface area contributed by atoms with Crippen LogP contribution in [-0.4, -0.2) is 64.4 Å². The molecule has 174 valence electrons. The Hall–Kier alpha value is -3.14. The summed E-state index contributed by atoms with van der Waals surface area (Å²) in [7, 11) is 0. The summed E-state index contributed by atoms with van der Waals surface area (Å²) in [5.74, 6) is 0.210. The van der Waals surface area contributed by atoms with E-state index in [1.165, 1.54) is 22.3 Å². The van der Waals surface area contributed by atoms with E-state index in [1.807, 2.05) is 0 Å². The van der Waals surface area contributed by atoms with Crippen molar-refractivity contribution in [3.05, 3.63) is 83.1 Å². The average molecular weight is 454 g/mol. The fourth-order valence-corrected chi connectivity index (χ4v) is 6.64. The normalized spacial score (nSPS) is 26.9. The Kier molecular flexibility index (Phi) is 5.20. The predicted octanol–water partition coefficient (Wildman–Crippen LogP) is 2.79. The minimum absolute atomic E-state index is 0.0181. The van der Waals surface area contributed by atoms with Crippen LogP contribution in [0.4, 0.5) is 0 Å². The summed E-state index contributed by atoms with van der Waals surface area (Å²) in [5, 5.41) is 9.43. The van der Waals surface area contributed by atoms with E-state index in [0.29, 0.717) is 6.54 Å². The van der Waals surface area contributed by atoms with Crippen molar-refractivity contribution in [2.75, 3.05) is 19.6 Å². The second-order valence-electron chi connectivity index (χ2n) is 10.2. The molecule has 4 aliphatic rings. The molecule has 1 aliphatic carbocycles. The third kappa shape index (κ3) is 3.26. The Morgan fingerprint density at radius 3 is 2.47 bits per heavy atom. The Balaban J connectivity index is 1.22. The lowest BCUT2D eigenvalue weighted by atomic mass is 9.81. The maximum Gasteiger partial charge on any atom is 0.241 e. The van der Waals surface area contributed by atoms with Gasteiger partial charge in [-0.1, -0.05) is 55.1 Å². The molecular weight excluding hydrogens is 422 g/mol. The standard InChI is InChI=1S/C28H31N5O/c1-18(32-12-6-9-21(32)15-29)25(30)17-31-16-22-14-26(31)28(34)33(22)27-23-10-4-2-7-19(23)13-20-8-3-5-11-24(20)27/h2-5,7-8,10-11,21-22,25-27H,1,6,9,12-14,16-17,30H2/t21?,22-,25-,26-/m0/s1. The number of carbonyl (C=O) groups excluding carboxylic acids is 1. The van der Waals surface area contributed by atoms with Gasteiger partial charge in [0.25, 0.3) is 0 Å². The second-order valence-corrected chi connectivity index (χ2v) is 10.2. The van der Waals surface area contributed by atoms with Crippen molar-refractivity contribution in [1.82, 2.24) is 14.7 Å². The smallest absolute Gasteiger partial charge is 0.241 e. The number of nitrogens with two attached hydrogens (primary N) is 1. The molecule has 2 N–H and O–H groups in total. The molecule has 0 aromatic heterocycles. The number of hydrogen-bond acceptors (Lipinski definition) is 5. The van der Waals surface area contributed by atoms with Gasteiger partial charge in [0, 0.05) is 31.4 Å². The average Bonchev–Trinajstić information content (AvgIpc) is 3.57. The molecular formula is C28H31N5O. The van der Waals surface area contributed by atoms with Crippen LogP contribution in [0.1, 0.15) is 47.6 Å². The zero-order chi connectivity index (χ0) is 23.4. The van der Waals surface area contributed by atoms with E-state index in [4.69, 9.17) is 5.73 Å². The highest BCUT2D eigenvalue weighted by Gasteiger charge is 2.53. The molecule has 0 spiro atoms. The summed E-state index contributed by atoms with van der Waals surface area (Å²) in [6, 6.07) is 19.1. The maximum absolute atomic E-state index is 13.8. The molecule has 1 unspecified atom stereocenters. The van der Waals surface area contributed by atoms with Crippen molar-refractivity contribution < 1.29 is 4.79 Å². The third-order valence-electron chi connectivity index (χ3n) is 8.30. The molecule has 2 aromatic carbocycles. The molecule has 3 fully saturated rings. The highest BCUT2D eigenvalue weighted by atomic mass is 16.2. The van der Waals surface area contributed by atoms with Crippen LogP contribution >= 0.6 is 0 Å². The van der Waals surface area contributed by atoms with Crippen molar-refractivity contribution in [2.45, 2.75) is 55.9 Å². The van der Waals surface area contributed by atoms with Gasteiger partial charge in [-0.05, 0) is 47.9 Å². The lowest BCUT2D eigenvalue weighted by molar-refractivity contribution is -0.138. The predicted molar refractivity (Wildman–Crippen MR) is 131 cm³/mol. The summed E-state index contributed by atoms with van der Waals surface area (Å²) in [6.07, 6.45) is 3.64. The van der Waals surface area contributed by atoms with Crippen LogP contribution < -0.4 is 5.73 Å². The number of piperazine rings is 1. The summed E-state index contributed by atoms with van der Waals surface area (Å²) < 4.78 is 0. The van der Waals surface area contributed by atoms with Crippen LogP contribution in [0.25, 0.3) is 0 Å². The topological polar surface area (TPSA) is 76.6 Å². The largest absolute Gasteiger partial charge is 0.358 e. The van der Waals surface area contributed by atoms with Crippen LogP contribution in [0.2, 0.25) is 0 Å². The number of amides is 1. The van der Waals surface area contributed by atoms with Gasteiger partial charge >= 0.3 is 0 Å². The molecule has 6 heteroatoms. The Bertz CT molecular complexity index is 1140. The van der Waals surface area contributed by atoms with Crippen molar-refractivity contribution in [2.24, 2.45) is 5.73 Å². The van der Waals surface area contributed by atoms with Gasteiger partial charge in [0.15, 0.2) is 0 Å². The molecule has 1 amide bonds. The number of hydrogen-bond donors (Lipinski definition) is 1. The van der Waals surface area contributed by atoms with E-state index in [9.17, 15) is 10.1 Å². The molecule has 0 radical (unpaired) electrons.